The summed E-state index contributed by atoms with van der Waals surface area (Å²) in [7, 11) is 0. The molecule has 8 heteroatoms. The minimum Gasteiger partial charge on any atom is -0.368 e. The van der Waals surface area contributed by atoms with Crippen LogP contribution in [0.3, 0.4) is 0 Å². The highest BCUT2D eigenvalue weighted by Gasteiger charge is 2.19. The van der Waals surface area contributed by atoms with Crippen LogP contribution in [0.15, 0.2) is 90.1 Å². The minimum absolute atomic E-state index is 0.146. The van der Waals surface area contributed by atoms with Gasteiger partial charge in [0.25, 0.3) is 5.56 Å². The highest BCUT2D eigenvalue weighted by molar-refractivity contribution is 6.35. The van der Waals surface area contributed by atoms with Gasteiger partial charge in [0.15, 0.2) is 0 Å². The Hall–Kier alpha value is -4.23. The number of rotatable bonds is 5. The second-order valence-electron chi connectivity index (χ2n) is 7.85. The van der Waals surface area contributed by atoms with Crippen LogP contribution in [0.4, 0.5) is 11.8 Å². The molecule has 5 rings (SSSR count). The van der Waals surface area contributed by atoms with E-state index in [4.69, 9.17) is 17.3 Å². The molecule has 0 aliphatic rings. The lowest BCUT2D eigenvalue weighted by Crippen LogP contribution is -2.26. The molecule has 0 fully saturated rings. The van der Waals surface area contributed by atoms with Gasteiger partial charge in [-0.2, -0.15) is 4.98 Å². The molecule has 34 heavy (non-hydrogen) atoms. The largest absolute Gasteiger partial charge is 0.368 e. The van der Waals surface area contributed by atoms with Crippen molar-refractivity contribution in [2.45, 2.75) is 13.0 Å². The Morgan fingerprint density at radius 3 is 2.62 bits per heavy atom. The number of nitrogens with one attached hydrogen (secondary N) is 1. The third-order valence-corrected chi connectivity index (χ3v) is 5.93. The first-order valence-electron chi connectivity index (χ1n) is 10.7. The molecular formula is C26H21ClN6O. The first-order chi connectivity index (χ1) is 16.5. The molecule has 0 aliphatic carbocycles. The van der Waals surface area contributed by atoms with Crippen molar-refractivity contribution in [2.75, 3.05) is 11.1 Å². The average molecular weight is 469 g/mol. The van der Waals surface area contributed by atoms with Gasteiger partial charge >= 0.3 is 0 Å². The first kappa shape index (κ1) is 21.6. The fourth-order valence-electron chi connectivity index (χ4n) is 4.02. The van der Waals surface area contributed by atoms with Gasteiger partial charge in [-0.25, -0.2) is 4.98 Å². The predicted molar refractivity (Wildman–Crippen MR) is 136 cm³/mol. The molecule has 1 atom stereocenters. The van der Waals surface area contributed by atoms with Crippen molar-refractivity contribution in [3.63, 3.8) is 0 Å². The van der Waals surface area contributed by atoms with Crippen molar-refractivity contribution < 1.29 is 0 Å². The van der Waals surface area contributed by atoms with Crippen LogP contribution in [0.1, 0.15) is 18.7 Å². The summed E-state index contributed by atoms with van der Waals surface area (Å²) in [6, 6.07) is 20.4. The number of nitrogens with two attached hydrogens (primary N) is 1. The zero-order valence-corrected chi connectivity index (χ0v) is 19.1. The Balaban J connectivity index is 1.68. The van der Waals surface area contributed by atoms with Crippen molar-refractivity contribution >= 4 is 34.1 Å². The highest BCUT2D eigenvalue weighted by atomic mass is 35.5. The van der Waals surface area contributed by atoms with E-state index < -0.39 is 0 Å². The number of nitrogens with zero attached hydrogens (tertiary/aromatic N) is 4. The van der Waals surface area contributed by atoms with Crippen LogP contribution in [-0.2, 0) is 0 Å². The van der Waals surface area contributed by atoms with Gasteiger partial charge in [0.2, 0.25) is 5.95 Å². The molecule has 7 nitrogen and oxygen atoms in total. The van der Waals surface area contributed by atoms with E-state index in [9.17, 15) is 4.79 Å². The molecule has 3 aromatic heterocycles. The van der Waals surface area contributed by atoms with Gasteiger partial charge in [-0.3, -0.25) is 14.3 Å². The summed E-state index contributed by atoms with van der Waals surface area (Å²) < 4.78 is 1.68. The molecule has 3 heterocycles. The Morgan fingerprint density at radius 2 is 1.85 bits per heavy atom. The zero-order chi connectivity index (χ0) is 23.7. The number of hydrogen-bond acceptors (Lipinski definition) is 6. The summed E-state index contributed by atoms with van der Waals surface area (Å²) in [4.78, 5) is 26.5. The lowest BCUT2D eigenvalue weighted by Gasteiger charge is -2.22. The SMILES string of the molecule is C[C@H](Nc1nc(N)ncc1-c1cccnc1)c1cc2cccc(Cl)c2c(=O)n1-c1ccccc1. The smallest absolute Gasteiger partial charge is 0.264 e. The van der Waals surface area contributed by atoms with E-state index in [0.29, 0.717) is 16.2 Å². The Kier molecular flexibility index (Phi) is 5.69. The van der Waals surface area contributed by atoms with Crippen LogP contribution in [0.2, 0.25) is 5.02 Å². The number of benzene rings is 2. The van der Waals surface area contributed by atoms with Crippen LogP contribution < -0.4 is 16.6 Å². The van der Waals surface area contributed by atoms with E-state index in [-0.39, 0.29) is 17.5 Å². The maximum Gasteiger partial charge on any atom is 0.264 e. The summed E-state index contributed by atoms with van der Waals surface area (Å²) in [6.45, 7) is 1.97. The van der Waals surface area contributed by atoms with E-state index in [1.807, 2.05) is 67.6 Å². The van der Waals surface area contributed by atoms with Gasteiger partial charge in [-0.1, -0.05) is 48.0 Å². The fourth-order valence-corrected chi connectivity index (χ4v) is 4.28. The number of hydrogen-bond donors (Lipinski definition) is 2. The van der Waals surface area contributed by atoms with Gasteiger partial charge in [-0.15, -0.1) is 0 Å². The summed E-state index contributed by atoms with van der Waals surface area (Å²) in [6.07, 6.45) is 5.11. The summed E-state index contributed by atoms with van der Waals surface area (Å²) in [5.74, 6) is 0.694. The third-order valence-electron chi connectivity index (χ3n) is 5.62. The number of halogens is 1. The van der Waals surface area contributed by atoms with Gasteiger partial charge < -0.3 is 11.1 Å². The summed E-state index contributed by atoms with van der Waals surface area (Å²) >= 11 is 6.42. The van der Waals surface area contributed by atoms with Crippen molar-refractivity contribution in [1.82, 2.24) is 19.5 Å². The first-order valence-corrected chi connectivity index (χ1v) is 11.1. The van der Waals surface area contributed by atoms with E-state index in [1.54, 1.807) is 29.2 Å². The maximum absolute atomic E-state index is 13.7. The van der Waals surface area contributed by atoms with Gasteiger partial charge in [0.1, 0.15) is 5.82 Å². The van der Waals surface area contributed by atoms with Crippen LogP contribution in [-0.4, -0.2) is 19.5 Å². The van der Waals surface area contributed by atoms with Crippen molar-refractivity contribution in [3.8, 4) is 16.8 Å². The van der Waals surface area contributed by atoms with Crippen LogP contribution >= 0.6 is 11.6 Å². The Labute approximate surface area is 200 Å². The molecule has 0 saturated heterocycles. The lowest BCUT2D eigenvalue weighted by molar-refractivity contribution is 0.773. The van der Waals surface area contributed by atoms with E-state index in [2.05, 4.69) is 20.3 Å². The quantitative estimate of drug-likeness (QED) is 0.365. The molecule has 3 N–H and O–H groups in total. The van der Waals surface area contributed by atoms with E-state index in [0.717, 1.165) is 27.9 Å². The molecule has 0 radical (unpaired) electrons. The van der Waals surface area contributed by atoms with Crippen LogP contribution in [0.25, 0.3) is 27.6 Å². The highest BCUT2D eigenvalue weighted by Crippen LogP contribution is 2.31. The second kappa shape index (κ2) is 8.96. The minimum atomic E-state index is -0.319. The number of nitrogen functional groups attached to an aromatic ring is 1. The van der Waals surface area contributed by atoms with Crippen molar-refractivity contribution in [1.29, 1.82) is 0 Å². The summed E-state index contributed by atoms with van der Waals surface area (Å²) in [5, 5.41) is 5.09. The molecule has 0 aliphatic heterocycles. The normalized spacial score (nSPS) is 11.9. The van der Waals surface area contributed by atoms with Gasteiger partial charge in [0, 0.05) is 41.1 Å². The molecule has 168 valence electrons. The second-order valence-corrected chi connectivity index (χ2v) is 8.25. The molecule has 2 aromatic carbocycles. The number of para-hydroxylation sites is 1. The molecule has 5 aromatic rings. The standard InChI is InChI=1S/C26H21ClN6O/c1-16(31-24-20(15-30-26(28)32-24)18-8-6-12-29-14-18)22-13-17-7-5-11-21(27)23(17)25(34)33(22)19-9-3-2-4-10-19/h2-16H,1H3,(H3,28,30,31,32)/t16-/m0/s1. The van der Waals surface area contributed by atoms with Crippen molar-refractivity contribution in [2.24, 2.45) is 0 Å². The van der Waals surface area contributed by atoms with Crippen molar-refractivity contribution in [3.05, 3.63) is 106 Å². The third kappa shape index (κ3) is 3.97. The lowest BCUT2D eigenvalue weighted by atomic mass is 10.1. The maximum atomic E-state index is 13.7. The van der Waals surface area contributed by atoms with E-state index in [1.165, 1.54) is 0 Å². The average Bonchev–Trinajstić information content (AvgIpc) is 2.85. The molecular weight excluding hydrogens is 448 g/mol. The number of pyridine rings is 2. The van der Waals surface area contributed by atoms with Gasteiger partial charge in [0.05, 0.1) is 16.5 Å². The Bertz CT molecular complexity index is 1540. The fraction of sp³-hybridized carbons (Fsp3) is 0.0769. The van der Waals surface area contributed by atoms with Gasteiger partial charge in [-0.05, 0) is 42.6 Å². The number of fused-ring (bicyclic) bond motifs is 1. The molecule has 0 unspecified atom stereocenters. The zero-order valence-electron chi connectivity index (χ0n) is 18.3. The topological polar surface area (TPSA) is 98.7 Å². The Morgan fingerprint density at radius 1 is 1.03 bits per heavy atom. The van der Waals surface area contributed by atoms with Crippen LogP contribution in [0, 0.1) is 0 Å². The molecule has 0 amide bonds. The number of anilines is 2. The monoisotopic (exact) mass is 468 g/mol. The molecule has 0 saturated carbocycles. The predicted octanol–water partition coefficient (Wildman–Crippen LogP) is 5.25. The molecule has 0 bridgehead atoms. The summed E-state index contributed by atoms with van der Waals surface area (Å²) in [5.41, 5.74) is 8.82. The van der Waals surface area contributed by atoms with E-state index >= 15 is 0 Å². The molecule has 0 spiro atoms. The number of aromatic nitrogens is 4. The van der Waals surface area contributed by atoms with Crippen LogP contribution in [0.5, 0.6) is 0 Å².